The van der Waals surface area contributed by atoms with Gasteiger partial charge in [-0.25, -0.2) is 4.79 Å². The third kappa shape index (κ3) is 5.68. The second-order valence-corrected chi connectivity index (χ2v) is 9.88. The molecule has 24 heavy (non-hydrogen) atoms. The number of nitrogens with one attached hydrogen (secondary N) is 1. The number of nitrogens with zero attached hydrogens (tertiary/aromatic N) is 1. The van der Waals surface area contributed by atoms with Crippen LogP contribution in [-0.2, 0) is 9.47 Å². The second kappa shape index (κ2) is 8.60. The van der Waals surface area contributed by atoms with Gasteiger partial charge in [-0.2, -0.15) is 0 Å². The molecule has 0 radical (unpaired) electrons. The van der Waals surface area contributed by atoms with Crippen molar-refractivity contribution in [3.63, 3.8) is 0 Å². The van der Waals surface area contributed by atoms with Crippen LogP contribution in [0.15, 0.2) is 21.9 Å². The summed E-state index contributed by atoms with van der Waals surface area (Å²) >= 11 is 0. The number of hydrogen-bond donors (Lipinski definition) is 1. The molecule has 0 saturated carbocycles. The van der Waals surface area contributed by atoms with Gasteiger partial charge in [-0.1, -0.05) is 55.7 Å². The van der Waals surface area contributed by atoms with Gasteiger partial charge in [0.05, 0.1) is 12.2 Å². The van der Waals surface area contributed by atoms with E-state index < -0.39 is 17.5 Å². The fourth-order valence-corrected chi connectivity index (χ4v) is 4.56. The minimum atomic E-state index is -0.443. The molecular formula is C16H26N2O4S2. The van der Waals surface area contributed by atoms with Gasteiger partial charge in [-0.15, -0.1) is 0 Å². The Bertz CT molecular complexity index is 638. The van der Waals surface area contributed by atoms with E-state index in [9.17, 15) is 9.59 Å². The molecule has 6 nitrogen and oxygen atoms in total. The van der Waals surface area contributed by atoms with Gasteiger partial charge in [-0.3, -0.25) is 14.3 Å². The molecule has 0 aliphatic carbocycles. The van der Waals surface area contributed by atoms with Gasteiger partial charge in [0.1, 0.15) is 12.2 Å². The maximum Gasteiger partial charge on any atom is 0.330 e. The second-order valence-electron chi connectivity index (χ2n) is 6.81. The van der Waals surface area contributed by atoms with Crippen LogP contribution in [0.2, 0.25) is 0 Å². The van der Waals surface area contributed by atoms with Gasteiger partial charge in [-0.05, 0) is 6.42 Å². The first-order valence-corrected chi connectivity index (χ1v) is 10.5. The quantitative estimate of drug-likeness (QED) is 0.449. The van der Waals surface area contributed by atoms with Crippen molar-refractivity contribution in [3.8, 4) is 0 Å². The van der Waals surface area contributed by atoms with Crippen molar-refractivity contribution < 1.29 is 9.47 Å². The van der Waals surface area contributed by atoms with Crippen LogP contribution in [0.5, 0.6) is 0 Å². The molecule has 1 saturated heterocycles. The highest BCUT2D eigenvalue weighted by molar-refractivity contribution is 8.77. The van der Waals surface area contributed by atoms with Crippen LogP contribution >= 0.6 is 21.6 Å². The van der Waals surface area contributed by atoms with E-state index in [1.54, 1.807) is 21.6 Å². The molecule has 136 valence electrons. The van der Waals surface area contributed by atoms with Gasteiger partial charge in [0.15, 0.2) is 0 Å². The summed E-state index contributed by atoms with van der Waals surface area (Å²) in [5.74, 6) is 0.587. The van der Waals surface area contributed by atoms with Crippen LogP contribution in [0.4, 0.5) is 0 Å². The zero-order valence-electron chi connectivity index (χ0n) is 14.6. The summed E-state index contributed by atoms with van der Waals surface area (Å²) in [6, 6.07) is 1.34. The third-order valence-corrected chi connectivity index (χ3v) is 6.55. The Hall–Kier alpha value is -0.700. The van der Waals surface area contributed by atoms with Gasteiger partial charge in [0.25, 0.3) is 5.56 Å². The van der Waals surface area contributed by atoms with E-state index in [1.807, 2.05) is 0 Å². The molecule has 1 fully saturated rings. The number of rotatable bonds is 7. The van der Waals surface area contributed by atoms with E-state index in [0.717, 1.165) is 12.8 Å². The Kier molecular flexibility index (Phi) is 7.03. The molecule has 1 aliphatic heterocycles. The normalized spacial score (nSPS) is 24.4. The molecule has 0 bridgehead atoms. The zero-order valence-corrected chi connectivity index (χ0v) is 16.2. The fourth-order valence-electron chi connectivity index (χ4n) is 2.56. The standard InChI is InChI=1S/C16H26N2O4S2/c1-5-6-11-12(21-10-23-24-16(2,3)4)9-14(22-11)18-8-7-13(19)17-15(18)20/h7-8,11-12,14H,5-6,9-10H2,1-4H3,(H,17,19,20)/t11-,12-,14-/m1/s1. The molecule has 2 heterocycles. The number of aromatic nitrogens is 2. The topological polar surface area (TPSA) is 73.3 Å². The zero-order chi connectivity index (χ0) is 17.7. The molecule has 0 aromatic carbocycles. The summed E-state index contributed by atoms with van der Waals surface area (Å²) in [5, 5.41) is 0. The molecular weight excluding hydrogens is 348 g/mol. The summed E-state index contributed by atoms with van der Waals surface area (Å²) < 4.78 is 13.7. The van der Waals surface area contributed by atoms with Crippen molar-refractivity contribution in [2.45, 2.75) is 70.1 Å². The monoisotopic (exact) mass is 374 g/mol. The van der Waals surface area contributed by atoms with E-state index in [4.69, 9.17) is 9.47 Å². The molecule has 1 aromatic heterocycles. The predicted molar refractivity (Wildman–Crippen MR) is 99.4 cm³/mol. The Morgan fingerprint density at radius 3 is 2.79 bits per heavy atom. The lowest BCUT2D eigenvalue weighted by Crippen LogP contribution is -2.31. The number of ether oxygens (including phenoxy) is 2. The molecule has 3 atom stereocenters. The Morgan fingerprint density at radius 2 is 2.17 bits per heavy atom. The van der Waals surface area contributed by atoms with Crippen LogP contribution in [-0.4, -0.2) is 32.4 Å². The number of H-pyrrole nitrogens is 1. The number of hydrogen-bond acceptors (Lipinski definition) is 6. The van der Waals surface area contributed by atoms with Gasteiger partial charge in [0.2, 0.25) is 0 Å². The average Bonchev–Trinajstić information content (AvgIpc) is 2.86. The first kappa shape index (κ1) is 19.6. The average molecular weight is 375 g/mol. The van der Waals surface area contributed by atoms with Crippen molar-refractivity contribution in [3.05, 3.63) is 33.1 Å². The van der Waals surface area contributed by atoms with Crippen LogP contribution in [0.25, 0.3) is 0 Å². The molecule has 0 amide bonds. The van der Waals surface area contributed by atoms with Gasteiger partial charge >= 0.3 is 5.69 Å². The maximum atomic E-state index is 11.9. The molecule has 8 heteroatoms. The molecule has 2 rings (SSSR count). The van der Waals surface area contributed by atoms with Gasteiger partial charge < -0.3 is 9.47 Å². The third-order valence-electron chi connectivity index (χ3n) is 3.55. The maximum absolute atomic E-state index is 11.9. The lowest BCUT2D eigenvalue weighted by molar-refractivity contribution is -0.0349. The van der Waals surface area contributed by atoms with E-state index >= 15 is 0 Å². The number of aromatic amines is 1. The molecule has 0 unspecified atom stereocenters. The largest absolute Gasteiger partial charge is 0.364 e. The first-order chi connectivity index (χ1) is 11.3. The minimum Gasteiger partial charge on any atom is -0.364 e. The van der Waals surface area contributed by atoms with Gasteiger partial charge in [0, 0.05) is 23.4 Å². The predicted octanol–water partition coefficient (Wildman–Crippen LogP) is 3.15. The fraction of sp³-hybridized carbons (Fsp3) is 0.750. The van der Waals surface area contributed by atoms with Crippen LogP contribution in [0, 0.1) is 0 Å². The van der Waals surface area contributed by atoms with Crippen molar-refractivity contribution in [1.29, 1.82) is 0 Å². The van der Waals surface area contributed by atoms with E-state index in [0.29, 0.717) is 12.4 Å². The first-order valence-electron chi connectivity index (χ1n) is 8.19. The SMILES string of the molecule is CCC[C@H]1O[C@@H](n2ccc(=O)[nH]c2=O)C[C@H]1OCSSC(C)(C)C. The summed E-state index contributed by atoms with van der Waals surface area (Å²) in [4.78, 5) is 25.4. The van der Waals surface area contributed by atoms with Crippen molar-refractivity contribution >= 4 is 21.6 Å². The molecule has 1 aromatic rings. The lowest BCUT2D eigenvalue weighted by Gasteiger charge is -2.20. The molecule has 1 N–H and O–H groups in total. The minimum absolute atomic E-state index is 0.0286. The van der Waals surface area contributed by atoms with Crippen molar-refractivity contribution in [1.82, 2.24) is 9.55 Å². The molecule has 1 aliphatic rings. The van der Waals surface area contributed by atoms with Crippen molar-refractivity contribution in [2.75, 3.05) is 5.94 Å². The van der Waals surface area contributed by atoms with Crippen LogP contribution < -0.4 is 11.2 Å². The van der Waals surface area contributed by atoms with Crippen molar-refractivity contribution in [2.24, 2.45) is 0 Å². The summed E-state index contributed by atoms with van der Waals surface area (Å²) in [6.07, 6.45) is 3.51. The van der Waals surface area contributed by atoms with E-state index in [-0.39, 0.29) is 17.0 Å². The summed E-state index contributed by atoms with van der Waals surface area (Å²) in [6.45, 7) is 8.61. The van der Waals surface area contributed by atoms with Crippen LogP contribution in [0.1, 0.15) is 53.2 Å². The van der Waals surface area contributed by atoms with E-state index in [2.05, 4.69) is 32.7 Å². The highest BCUT2D eigenvalue weighted by atomic mass is 33.1. The highest BCUT2D eigenvalue weighted by Gasteiger charge is 2.36. The van der Waals surface area contributed by atoms with E-state index in [1.165, 1.54) is 16.8 Å². The Balaban J connectivity index is 1.97. The van der Waals surface area contributed by atoms with Crippen LogP contribution in [0.3, 0.4) is 0 Å². The summed E-state index contributed by atoms with van der Waals surface area (Å²) in [7, 11) is 3.48. The smallest absolute Gasteiger partial charge is 0.330 e. The Morgan fingerprint density at radius 1 is 1.42 bits per heavy atom. The highest BCUT2D eigenvalue weighted by Crippen LogP contribution is 2.37. The lowest BCUT2D eigenvalue weighted by atomic mass is 10.1. The Labute approximate surface area is 150 Å². The summed E-state index contributed by atoms with van der Waals surface area (Å²) in [5.41, 5.74) is -0.844. The molecule has 0 spiro atoms.